The summed E-state index contributed by atoms with van der Waals surface area (Å²) < 4.78 is 0. The molecule has 0 saturated heterocycles. The van der Waals surface area contributed by atoms with Crippen molar-refractivity contribution in [1.29, 1.82) is 0 Å². The van der Waals surface area contributed by atoms with Crippen molar-refractivity contribution in [2.24, 2.45) is 0 Å². The van der Waals surface area contributed by atoms with E-state index >= 15 is 0 Å². The number of benzene rings is 1. The van der Waals surface area contributed by atoms with Crippen LogP contribution in [0.3, 0.4) is 0 Å². The Hall–Kier alpha value is -1.02. The minimum Gasteiger partial charge on any atom is -0.390 e. The highest BCUT2D eigenvalue weighted by molar-refractivity contribution is 5.53. The molecule has 0 aliphatic carbocycles. The van der Waals surface area contributed by atoms with Crippen molar-refractivity contribution in [3.8, 4) is 0 Å². The van der Waals surface area contributed by atoms with Crippen molar-refractivity contribution in [3.05, 3.63) is 29.8 Å². The Kier molecular flexibility index (Phi) is 2.70. The van der Waals surface area contributed by atoms with Crippen molar-refractivity contribution < 1.29 is 5.11 Å². The maximum atomic E-state index is 9.78. The fourth-order valence-corrected chi connectivity index (χ4v) is 2.26. The molecule has 0 amide bonds. The zero-order valence-electron chi connectivity index (χ0n) is 9.46. The number of anilines is 1. The van der Waals surface area contributed by atoms with Gasteiger partial charge in [-0.2, -0.15) is 0 Å². The molecule has 2 rings (SSSR count). The normalized spacial score (nSPS) is 20.6. The lowest BCUT2D eigenvalue weighted by atomic mass is 9.91. The first kappa shape index (κ1) is 10.5. The second kappa shape index (κ2) is 3.86. The summed E-state index contributed by atoms with van der Waals surface area (Å²) in [6, 6.07) is 8.82. The summed E-state index contributed by atoms with van der Waals surface area (Å²) in [4.78, 5) is 0. The van der Waals surface area contributed by atoms with E-state index in [1.807, 2.05) is 13.8 Å². The summed E-state index contributed by atoms with van der Waals surface area (Å²) in [5.74, 6) is 0. The molecule has 1 aromatic rings. The van der Waals surface area contributed by atoms with Gasteiger partial charge in [0.05, 0.1) is 5.60 Å². The topological polar surface area (TPSA) is 32.3 Å². The molecule has 0 aromatic heterocycles. The van der Waals surface area contributed by atoms with E-state index in [9.17, 15) is 5.11 Å². The highest BCUT2D eigenvalue weighted by Gasteiger charge is 2.23. The number of nitrogens with one attached hydrogen (secondary N) is 1. The van der Waals surface area contributed by atoms with E-state index in [0.29, 0.717) is 6.04 Å². The molecule has 2 N–H and O–H groups in total. The summed E-state index contributed by atoms with van der Waals surface area (Å²) in [7, 11) is 0. The SMILES string of the molecule is CC(C)(O)C[C@@H]1CCc2ccccc2N1. The minimum absolute atomic E-state index is 0.403. The van der Waals surface area contributed by atoms with Gasteiger partial charge < -0.3 is 10.4 Å². The number of aryl methyl sites for hydroxylation is 1. The first-order valence-electron chi connectivity index (χ1n) is 5.61. The van der Waals surface area contributed by atoms with E-state index in [1.165, 1.54) is 11.3 Å². The molecule has 0 spiro atoms. The van der Waals surface area contributed by atoms with Crippen LogP contribution >= 0.6 is 0 Å². The van der Waals surface area contributed by atoms with Crippen molar-refractivity contribution >= 4 is 5.69 Å². The molecule has 2 nitrogen and oxygen atoms in total. The Morgan fingerprint density at radius 2 is 2.13 bits per heavy atom. The Labute approximate surface area is 91.3 Å². The molecule has 0 fully saturated rings. The number of hydrogen-bond acceptors (Lipinski definition) is 2. The molecule has 1 aliphatic heterocycles. The first-order valence-corrected chi connectivity index (χ1v) is 5.61. The van der Waals surface area contributed by atoms with E-state index < -0.39 is 5.60 Å². The van der Waals surface area contributed by atoms with Crippen LogP contribution in [-0.2, 0) is 6.42 Å². The molecule has 0 unspecified atom stereocenters. The lowest BCUT2D eigenvalue weighted by Gasteiger charge is -2.31. The average Bonchev–Trinajstić information content (AvgIpc) is 2.15. The smallest absolute Gasteiger partial charge is 0.0611 e. The number of hydrogen-bond donors (Lipinski definition) is 2. The molecule has 82 valence electrons. The van der Waals surface area contributed by atoms with Crippen molar-refractivity contribution in [1.82, 2.24) is 0 Å². The van der Waals surface area contributed by atoms with Crippen LogP contribution in [0.1, 0.15) is 32.3 Å². The maximum Gasteiger partial charge on any atom is 0.0611 e. The van der Waals surface area contributed by atoms with Crippen molar-refractivity contribution in [2.45, 2.75) is 44.8 Å². The fraction of sp³-hybridized carbons (Fsp3) is 0.538. The standard InChI is InChI=1S/C13H19NO/c1-13(2,15)9-11-8-7-10-5-3-4-6-12(10)14-11/h3-6,11,14-15H,7-9H2,1-2H3/t11-/m0/s1. The van der Waals surface area contributed by atoms with Crippen molar-refractivity contribution in [2.75, 3.05) is 5.32 Å². The van der Waals surface area contributed by atoms with Crippen LogP contribution in [0.15, 0.2) is 24.3 Å². The van der Waals surface area contributed by atoms with Crippen LogP contribution in [0.2, 0.25) is 0 Å². The molecule has 15 heavy (non-hydrogen) atoms. The summed E-state index contributed by atoms with van der Waals surface area (Å²) in [5, 5.41) is 13.3. The third kappa shape index (κ3) is 2.72. The van der Waals surface area contributed by atoms with Gasteiger partial charge in [0.2, 0.25) is 0 Å². The van der Waals surface area contributed by atoms with Crippen molar-refractivity contribution in [3.63, 3.8) is 0 Å². The second-order valence-electron chi connectivity index (χ2n) is 5.05. The molecule has 0 radical (unpaired) electrons. The van der Waals surface area contributed by atoms with Crippen LogP contribution in [0.4, 0.5) is 5.69 Å². The lowest BCUT2D eigenvalue weighted by molar-refractivity contribution is 0.0645. The molecule has 0 bridgehead atoms. The van der Waals surface area contributed by atoms with Gasteiger partial charge in [0.25, 0.3) is 0 Å². The van der Waals surface area contributed by atoms with Gasteiger partial charge in [-0.15, -0.1) is 0 Å². The van der Waals surface area contributed by atoms with E-state index in [2.05, 4.69) is 29.6 Å². The molecule has 1 aromatic carbocycles. The lowest BCUT2D eigenvalue weighted by Crippen LogP contribution is -2.33. The zero-order chi connectivity index (χ0) is 10.9. The first-order chi connectivity index (χ1) is 7.04. The van der Waals surface area contributed by atoms with Crippen LogP contribution in [0, 0.1) is 0 Å². The van der Waals surface area contributed by atoms with E-state index in [1.54, 1.807) is 0 Å². The Bertz CT molecular complexity index is 341. The highest BCUT2D eigenvalue weighted by Crippen LogP contribution is 2.27. The van der Waals surface area contributed by atoms with Gasteiger partial charge in [0.1, 0.15) is 0 Å². The predicted octanol–water partition coefficient (Wildman–Crippen LogP) is 2.57. The van der Waals surface area contributed by atoms with Gasteiger partial charge in [-0.05, 0) is 44.7 Å². The fourth-order valence-electron chi connectivity index (χ4n) is 2.26. The number of para-hydroxylation sites is 1. The largest absolute Gasteiger partial charge is 0.390 e. The minimum atomic E-state index is -0.579. The number of aliphatic hydroxyl groups is 1. The predicted molar refractivity (Wildman–Crippen MR) is 63.1 cm³/mol. The summed E-state index contributed by atoms with van der Waals surface area (Å²) >= 11 is 0. The molecule has 1 heterocycles. The summed E-state index contributed by atoms with van der Waals surface area (Å²) in [6.45, 7) is 3.74. The molecule has 1 atom stereocenters. The van der Waals surface area contributed by atoms with E-state index in [0.717, 1.165) is 19.3 Å². The monoisotopic (exact) mass is 205 g/mol. The molecular weight excluding hydrogens is 186 g/mol. The Morgan fingerprint density at radius 3 is 2.87 bits per heavy atom. The summed E-state index contributed by atoms with van der Waals surface area (Å²) in [5.41, 5.74) is 2.05. The van der Waals surface area contributed by atoms with Crippen LogP contribution in [0.5, 0.6) is 0 Å². The molecule has 0 saturated carbocycles. The van der Waals surface area contributed by atoms with Crippen LogP contribution in [0.25, 0.3) is 0 Å². The van der Waals surface area contributed by atoms with Gasteiger partial charge in [-0.25, -0.2) is 0 Å². The quantitative estimate of drug-likeness (QED) is 0.777. The molecular formula is C13H19NO. The van der Waals surface area contributed by atoms with Gasteiger partial charge in [0, 0.05) is 11.7 Å². The van der Waals surface area contributed by atoms with Crippen LogP contribution in [-0.4, -0.2) is 16.7 Å². The molecule has 1 aliphatic rings. The van der Waals surface area contributed by atoms with Gasteiger partial charge >= 0.3 is 0 Å². The van der Waals surface area contributed by atoms with Crippen LogP contribution < -0.4 is 5.32 Å². The maximum absolute atomic E-state index is 9.78. The summed E-state index contributed by atoms with van der Waals surface area (Å²) in [6.07, 6.45) is 3.03. The Balaban J connectivity index is 2.06. The molecule has 2 heteroatoms. The third-order valence-electron chi connectivity index (χ3n) is 2.89. The van der Waals surface area contributed by atoms with Gasteiger partial charge in [-0.1, -0.05) is 18.2 Å². The number of fused-ring (bicyclic) bond motifs is 1. The number of rotatable bonds is 2. The zero-order valence-corrected chi connectivity index (χ0v) is 9.46. The average molecular weight is 205 g/mol. The highest BCUT2D eigenvalue weighted by atomic mass is 16.3. The van der Waals surface area contributed by atoms with Gasteiger partial charge in [0.15, 0.2) is 0 Å². The third-order valence-corrected chi connectivity index (χ3v) is 2.89. The van der Waals surface area contributed by atoms with E-state index in [-0.39, 0.29) is 0 Å². The van der Waals surface area contributed by atoms with E-state index in [4.69, 9.17) is 0 Å². The van der Waals surface area contributed by atoms with Gasteiger partial charge in [-0.3, -0.25) is 0 Å². The second-order valence-corrected chi connectivity index (χ2v) is 5.05. The Morgan fingerprint density at radius 1 is 1.40 bits per heavy atom.